The molecule has 0 unspecified atom stereocenters. The molecule has 1 rings (SSSR count). The molecule has 0 amide bonds. The van der Waals surface area contributed by atoms with Gasteiger partial charge in [-0.1, -0.05) is 25.5 Å². The number of halogens is 1. The van der Waals surface area contributed by atoms with Crippen LogP contribution in [0.1, 0.15) is 25.3 Å². The smallest absolute Gasteiger partial charge is 0.123 e. The first-order chi connectivity index (χ1) is 5.33. The van der Waals surface area contributed by atoms with Gasteiger partial charge in [0, 0.05) is 0 Å². The van der Waals surface area contributed by atoms with E-state index in [0.717, 1.165) is 6.42 Å². The van der Waals surface area contributed by atoms with E-state index in [9.17, 15) is 4.39 Å². The molecule has 0 aliphatic carbocycles. The molecule has 0 spiro atoms. The molecular formula is C10H13F. The van der Waals surface area contributed by atoms with Crippen LogP contribution in [0, 0.1) is 5.82 Å². The Morgan fingerprint density at radius 1 is 1.18 bits per heavy atom. The summed E-state index contributed by atoms with van der Waals surface area (Å²) < 4.78 is 12.4. The van der Waals surface area contributed by atoms with Crippen LogP contribution < -0.4 is 0 Å². The molecule has 0 radical (unpaired) electrons. The summed E-state index contributed by atoms with van der Waals surface area (Å²) >= 11 is 0. The van der Waals surface area contributed by atoms with Gasteiger partial charge in [0.05, 0.1) is 0 Å². The molecule has 0 nitrogen and oxygen atoms in total. The van der Waals surface area contributed by atoms with Crippen LogP contribution in [-0.2, 0) is 6.42 Å². The molecule has 0 aromatic heterocycles. The van der Waals surface area contributed by atoms with Crippen molar-refractivity contribution in [1.29, 1.82) is 0 Å². The minimum absolute atomic E-state index is 0.148. The number of aryl methyl sites for hydroxylation is 1. The minimum atomic E-state index is -0.148. The summed E-state index contributed by atoms with van der Waals surface area (Å²) in [6, 6.07) is 6.74. The van der Waals surface area contributed by atoms with Gasteiger partial charge in [-0.25, -0.2) is 4.39 Å². The standard InChI is InChI=1S/C10H13F/c1-2-3-4-9-5-7-10(11)8-6-9/h5-8H,2-4H2,1H3. The van der Waals surface area contributed by atoms with Crippen molar-refractivity contribution in [3.63, 3.8) is 0 Å². The van der Waals surface area contributed by atoms with Crippen molar-refractivity contribution >= 4 is 0 Å². The van der Waals surface area contributed by atoms with E-state index in [4.69, 9.17) is 0 Å². The number of hydrogen-bond acceptors (Lipinski definition) is 0. The average Bonchev–Trinajstić information content (AvgIpc) is 2.04. The highest BCUT2D eigenvalue weighted by Crippen LogP contribution is 2.06. The number of benzene rings is 1. The molecule has 0 bridgehead atoms. The Morgan fingerprint density at radius 3 is 2.36 bits per heavy atom. The van der Waals surface area contributed by atoms with Crippen molar-refractivity contribution in [2.45, 2.75) is 26.2 Å². The topological polar surface area (TPSA) is 0 Å². The largest absolute Gasteiger partial charge is 0.207 e. The fraction of sp³-hybridized carbons (Fsp3) is 0.400. The molecule has 0 atom stereocenters. The molecule has 0 saturated carbocycles. The zero-order valence-electron chi connectivity index (χ0n) is 6.81. The van der Waals surface area contributed by atoms with E-state index in [0.29, 0.717) is 0 Å². The molecule has 0 fully saturated rings. The monoisotopic (exact) mass is 152 g/mol. The zero-order valence-corrected chi connectivity index (χ0v) is 6.81. The molecule has 1 heteroatoms. The predicted molar refractivity (Wildman–Crippen MR) is 45.0 cm³/mol. The third kappa shape index (κ3) is 2.71. The first kappa shape index (κ1) is 8.25. The lowest BCUT2D eigenvalue weighted by molar-refractivity contribution is 0.626. The quantitative estimate of drug-likeness (QED) is 0.624. The van der Waals surface area contributed by atoms with Gasteiger partial charge >= 0.3 is 0 Å². The fourth-order valence-corrected chi connectivity index (χ4v) is 1.03. The molecule has 1 aromatic carbocycles. The summed E-state index contributed by atoms with van der Waals surface area (Å²) in [6.07, 6.45) is 3.44. The molecular weight excluding hydrogens is 139 g/mol. The Balaban J connectivity index is 2.52. The molecule has 1 aromatic rings. The van der Waals surface area contributed by atoms with Gasteiger partial charge in [-0.05, 0) is 30.5 Å². The predicted octanol–water partition coefficient (Wildman–Crippen LogP) is 3.17. The van der Waals surface area contributed by atoms with Gasteiger partial charge in [0.25, 0.3) is 0 Å². The summed E-state index contributed by atoms with van der Waals surface area (Å²) in [5.41, 5.74) is 1.23. The van der Waals surface area contributed by atoms with E-state index in [1.807, 2.05) is 12.1 Å². The lowest BCUT2D eigenvalue weighted by atomic mass is 10.1. The summed E-state index contributed by atoms with van der Waals surface area (Å²) in [5, 5.41) is 0. The fourth-order valence-electron chi connectivity index (χ4n) is 1.03. The van der Waals surface area contributed by atoms with Crippen LogP contribution in [0.5, 0.6) is 0 Å². The maximum absolute atomic E-state index is 12.4. The first-order valence-corrected chi connectivity index (χ1v) is 4.07. The third-order valence-electron chi connectivity index (χ3n) is 1.73. The molecule has 0 heterocycles. The summed E-state index contributed by atoms with van der Waals surface area (Å²) in [4.78, 5) is 0. The molecule has 11 heavy (non-hydrogen) atoms. The van der Waals surface area contributed by atoms with Crippen LogP contribution in [-0.4, -0.2) is 0 Å². The maximum atomic E-state index is 12.4. The van der Waals surface area contributed by atoms with Crippen LogP contribution in [0.25, 0.3) is 0 Å². The van der Waals surface area contributed by atoms with Crippen LogP contribution in [0.3, 0.4) is 0 Å². The second-order valence-electron chi connectivity index (χ2n) is 2.73. The van der Waals surface area contributed by atoms with Gasteiger partial charge in [-0.3, -0.25) is 0 Å². The minimum Gasteiger partial charge on any atom is -0.207 e. The molecule has 0 aliphatic heterocycles. The van der Waals surface area contributed by atoms with E-state index in [2.05, 4.69) is 6.92 Å². The van der Waals surface area contributed by atoms with Gasteiger partial charge in [-0.2, -0.15) is 0 Å². The van der Waals surface area contributed by atoms with E-state index < -0.39 is 0 Å². The average molecular weight is 152 g/mol. The number of rotatable bonds is 3. The molecule has 0 aliphatic rings. The van der Waals surface area contributed by atoms with Crippen molar-refractivity contribution in [2.75, 3.05) is 0 Å². The van der Waals surface area contributed by atoms with Crippen LogP contribution in [0.15, 0.2) is 24.3 Å². The second kappa shape index (κ2) is 4.12. The van der Waals surface area contributed by atoms with E-state index in [1.165, 1.54) is 30.5 Å². The number of unbranched alkanes of at least 4 members (excludes halogenated alkanes) is 1. The van der Waals surface area contributed by atoms with Crippen molar-refractivity contribution in [2.24, 2.45) is 0 Å². The summed E-state index contributed by atoms with van der Waals surface area (Å²) in [5.74, 6) is -0.148. The highest BCUT2D eigenvalue weighted by Gasteiger charge is 1.91. The van der Waals surface area contributed by atoms with Gasteiger partial charge in [0.1, 0.15) is 5.82 Å². The van der Waals surface area contributed by atoms with Crippen molar-refractivity contribution < 1.29 is 4.39 Å². The SMILES string of the molecule is CCCCc1ccc(F)cc1. The Morgan fingerprint density at radius 2 is 1.82 bits per heavy atom. The lowest BCUT2D eigenvalue weighted by Crippen LogP contribution is -1.83. The molecule has 0 N–H and O–H groups in total. The van der Waals surface area contributed by atoms with E-state index in [1.54, 1.807) is 0 Å². The van der Waals surface area contributed by atoms with Crippen molar-refractivity contribution in [1.82, 2.24) is 0 Å². The summed E-state index contributed by atoms with van der Waals surface area (Å²) in [7, 11) is 0. The van der Waals surface area contributed by atoms with Crippen molar-refractivity contribution in [3.8, 4) is 0 Å². The summed E-state index contributed by atoms with van der Waals surface area (Å²) in [6.45, 7) is 2.16. The van der Waals surface area contributed by atoms with Crippen LogP contribution in [0.2, 0.25) is 0 Å². The Kier molecular flexibility index (Phi) is 3.09. The van der Waals surface area contributed by atoms with Crippen molar-refractivity contribution in [3.05, 3.63) is 35.6 Å². The normalized spacial score (nSPS) is 10.0. The molecule has 60 valence electrons. The van der Waals surface area contributed by atoms with Gasteiger partial charge < -0.3 is 0 Å². The maximum Gasteiger partial charge on any atom is 0.123 e. The lowest BCUT2D eigenvalue weighted by Gasteiger charge is -1.97. The second-order valence-corrected chi connectivity index (χ2v) is 2.73. The van der Waals surface area contributed by atoms with Crippen LogP contribution >= 0.6 is 0 Å². The number of hydrogen-bond donors (Lipinski definition) is 0. The Hall–Kier alpha value is -0.850. The first-order valence-electron chi connectivity index (χ1n) is 4.07. The highest BCUT2D eigenvalue weighted by molar-refractivity contribution is 5.15. The Labute approximate surface area is 67.1 Å². The van der Waals surface area contributed by atoms with E-state index in [-0.39, 0.29) is 5.82 Å². The van der Waals surface area contributed by atoms with E-state index >= 15 is 0 Å². The third-order valence-corrected chi connectivity index (χ3v) is 1.73. The highest BCUT2D eigenvalue weighted by atomic mass is 19.1. The van der Waals surface area contributed by atoms with Crippen LogP contribution in [0.4, 0.5) is 4.39 Å². The van der Waals surface area contributed by atoms with Gasteiger partial charge in [-0.15, -0.1) is 0 Å². The van der Waals surface area contributed by atoms with Gasteiger partial charge in [0.2, 0.25) is 0 Å². The zero-order chi connectivity index (χ0) is 8.10. The van der Waals surface area contributed by atoms with Gasteiger partial charge in [0.15, 0.2) is 0 Å². The molecule has 0 saturated heterocycles. The Bertz CT molecular complexity index is 201.